The van der Waals surface area contributed by atoms with Gasteiger partial charge in [0.1, 0.15) is 47.8 Å². The molecule has 0 aliphatic carbocycles. The second-order valence-corrected chi connectivity index (χ2v) is 14.9. The van der Waals surface area contributed by atoms with Crippen molar-refractivity contribution in [2.45, 2.75) is 49.4 Å². The van der Waals surface area contributed by atoms with E-state index >= 15 is 0 Å². The van der Waals surface area contributed by atoms with Crippen LogP contribution in [0.2, 0.25) is 0 Å². The minimum atomic E-state index is -5.19. The van der Waals surface area contributed by atoms with Gasteiger partial charge >= 0.3 is 141 Å². The van der Waals surface area contributed by atoms with Crippen molar-refractivity contribution in [1.29, 1.82) is 0 Å². The Bertz CT molecular complexity index is 2960. The van der Waals surface area contributed by atoms with Crippen molar-refractivity contribution in [3.8, 4) is 0 Å². The molecule has 0 saturated heterocycles. The summed E-state index contributed by atoms with van der Waals surface area (Å²) < 4.78 is 252. The first kappa shape index (κ1) is 96.0. The van der Waals surface area contributed by atoms with Crippen LogP contribution in [0.1, 0.15) is 0 Å². The normalized spacial score (nSPS) is 11.0. The smallest absolute Gasteiger partial charge is 0.542 e. The Balaban J connectivity index is -0.000000229. The average molecular weight is 1930 g/mol. The van der Waals surface area contributed by atoms with Gasteiger partial charge in [0.2, 0.25) is 0 Å². The molecule has 0 atom stereocenters. The fourth-order valence-corrected chi connectivity index (χ4v) is 5.34. The molecule has 0 saturated carbocycles. The van der Waals surface area contributed by atoms with E-state index in [9.17, 15) is 105 Å². The minimum absolute atomic E-state index is 0. The van der Waals surface area contributed by atoms with Gasteiger partial charge < -0.3 is 79.2 Å². The summed E-state index contributed by atoms with van der Waals surface area (Å²) in [6.07, 6.45) is -41.6. The number of carbonyl (C=O) groups excluding carboxylic acids is 8. The zero-order chi connectivity index (χ0) is 69.7. The third-order valence-corrected chi connectivity index (χ3v) is 8.64. The number of carboxylic acid groups (broad SMARTS) is 8. The molecular weight excluding hydrogens is 1910 g/mol. The van der Waals surface area contributed by atoms with Gasteiger partial charge in [0.05, 0.1) is 0 Å². The second kappa shape index (κ2) is 39.5. The minimum Gasteiger partial charge on any atom is -0.542 e. The van der Waals surface area contributed by atoms with Gasteiger partial charge in [-0.1, -0.05) is 121 Å². The molecule has 0 aliphatic rings. The molecule has 8 rings (SSSR count). The van der Waals surface area contributed by atoms with Crippen LogP contribution < -0.4 is 40.9 Å². The first-order chi connectivity index (χ1) is 39.4. The van der Waals surface area contributed by atoms with Gasteiger partial charge in [0.15, 0.2) is 0 Å². The molecule has 92 heavy (non-hydrogen) atoms. The average Bonchev–Trinajstić information content (AvgIpc) is 3.37. The number of carboxylic acids is 8. The zero-order valence-electron chi connectivity index (χ0n) is 42.7. The van der Waals surface area contributed by atoms with E-state index in [-0.39, 0.29) is 91.4 Å². The molecule has 0 aromatic heterocycles. The van der Waals surface area contributed by atoms with Crippen molar-refractivity contribution in [1.82, 2.24) is 0 Å². The number of benzene rings is 8. The van der Waals surface area contributed by atoms with Crippen molar-refractivity contribution >= 4 is 165 Å². The summed E-state index contributed by atoms with van der Waals surface area (Å²) in [4.78, 5) is 70.3. The molecule has 0 heterocycles. The van der Waals surface area contributed by atoms with Gasteiger partial charge in [-0.05, 0) is 64.6 Å². The summed E-state index contributed by atoms with van der Waals surface area (Å²) in [5.74, 6) is -24.1. The van der Waals surface area contributed by atoms with Crippen LogP contribution in [0.3, 0.4) is 0 Å². The molecule has 0 fully saturated rings. The quantitative estimate of drug-likeness (QED) is 0.120. The van der Waals surface area contributed by atoms with Gasteiger partial charge in [-0.3, -0.25) is 0 Å². The number of carbonyl (C=O) groups is 8. The van der Waals surface area contributed by atoms with Crippen LogP contribution in [0.15, 0.2) is 121 Å². The number of halogens is 24. The fraction of sp³-hybridized carbons (Fsp3) is 0.167. The monoisotopic (exact) mass is 1930 g/mol. The van der Waals surface area contributed by atoms with Crippen LogP contribution in [-0.4, -0.2) is 150 Å². The van der Waals surface area contributed by atoms with Gasteiger partial charge in [0.25, 0.3) is 0 Å². The molecule has 8 aromatic carbocycles. The Hall–Kier alpha value is -7.07. The van der Waals surface area contributed by atoms with E-state index in [0.717, 1.165) is 0 Å². The molecule has 8 aromatic rings. The van der Waals surface area contributed by atoms with Crippen LogP contribution in [0, 0.1) is 0 Å². The molecule has 44 heteroatoms. The predicted octanol–water partition coefficient (Wildman–Crippen LogP) is 2.79. The SMILES string of the molecule is O=C([O-])C(F)(F)F.O=C([O-])C(F)(F)F.O=C([O-])C(F)(F)F.O=C([O-])C(F)(F)F.O=C([O-])C(F)(F)F.O=C([O-])C(F)(F)F.O=C([O-])C(F)(F)F.O=C([O-])C(F)(F)F.[Bi+2].[Bi+2].[Rh+2].[Rh+2].c1cc2ccc3cccc4ccc(c1)c2c34.c1cc2ccc3cccc4ccc(c1)c2c34. The summed E-state index contributed by atoms with van der Waals surface area (Å²) in [6, 6.07) is 43.7. The molecule has 0 amide bonds. The molecule has 0 bridgehead atoms. The van der Waals surface area contributed by atoms with E-state index in [4.69, 9.17) is 79.2 Å². The van der Waals surface area contributed by atoms with Gasteiger partial charge in [-0.25, -0.2) is 0 Å². The number of aliphatic carboxylic acids is 8. The first-order valence-corrected chi connectivity index (χ1v) is 20.9. The van der Waals surface area contributed by atoms with E-state index in [1.165, 1.54) is 64.6 Å². The number of hydrogen-bond donors (Lipinski definition) is 0. The maximum atomic E-state index is 10.5. The first-order valence-electron chi connectivity index (χ1n) is 20.9. The Labute approximate surface area is 555 Å². The van der Waals surface area contributed by atoms with Crippen LogP contribution in [0.5, 0.6) is 0 Å². The van der Waals surface area contributed by atoms with Crippen LogP contribution >= 0.6 is 0 Å². The predicted molar refractivity (Wildman–Crippen MR) is 240 cm³/mol. The largest absolute Gasteiger partial charge is 2.00 e. The van der Waals surface area contributed by atoms with Crippen LogP contribution in [0.4, 0.5) is 105 Å². The molecule has 16 nitrogen and oxygen atoms in total. The van der Waals surface area contributed by atoms with Gasteiger partial charge in [0, 0.05) is 0 Å². The molecular formula is C48H20Bi2F24O16Rh2. The topological polar surface area (TPSA) is 321 Å². The van der Waals surface area contributed by atoms with E-state index < -0.39 is 97.2 Å². The third kappa shape index (κ3) is 35.7. The Morgan fingerprint density at radius 3 is 0.315 bits per heavy atom. The van der Waals surface area contributed by atoms with E-state index in [1.54, 1.807) is 0 Å². The maximum Gasteiger partial charge on any atom is 2.00 e. The van der Waals surface area contributed by atoms with E-state index in [0.29, 0.717) is 0 Å². The number of alkyl halides is 24. The van der Waals surface area contributed by atoms with E-state index in [1.807, 2.05) is 0 Å². The van der Waals surface area contributed by atoms with Crippen molar-refractivity contribution in [2.24, 2.45) is 0 Å². The summed E-state index contributed by atoms with van der Waals surface area (Å²) >= 11 is 0. The summed E-state index contributed by atoms with van der Waals surface area (Å²) in [5, 5.41) is 86.6. The van der Waals surface area contributed by atoms with Crippen molar-refractivity contribution in [3.63, 3.8) is 0 Å². The van der Waals surface area contributed by atoms with Gasteiger partial charge in [-0.2, -0.15) is 105 Å². The second-order valence-electron chi connectivity index (χ2n) is 14.9. The molecule has 504 valence electrons. The summed E-state index contributed by atoms with van der Waals surface area (Å²) in [7, 11) is 0. The van der Waals surface area contributed by atoms with Crippen molar-refractivity contribution in [2.75, 3.05) is 0 Å². The number of rotatable bonds is 0. The summed E-state index contributed by atoms with van der Waals surface area (Å²) in [6.45, 7) is 0. The summed E-state index contributed by atoms with van der Waals surface area (Å²) in [5.41, 5.74) is 0. The van der Waals surface area contributed by atoms with Crippen LogP contribution in [0.25, 0.3) is 64.6 Å². The molecule has 8 radical (unpaired) electrons. The fourth-order valence-electron chi connectivity index (χ4n) is 5.34. The van der Waals surface area contributed by atoms with Gasteiger partial charge in [-0.15, -0.1) is 0 Å². The Morgan fingerprint density at radius 1 is 0.196 bits per heavy atom. The van der Waals surface area contributed by atoms with Crippen LogP contribution in [-0.2, 0) is 77.3 Å². The third-order valence-electron chi connectivity index (χ3n) is 8.64. The molecule has 0 spiro atoms. The molecule has 0 N–H and O–H groups in total. The van der Waals surface area contributed by atoms with Crippen molar-refractivity contribution in [3.05, 3.63) is 121 Å². The zero-order valence-corrected chi connectivity index (χ0v) is 52.9. The molecule has 0 unspecified atom stereocenters. The maximum absolute atomic E-state index is 10.5. The standard InChI is InChI=1S/2C16H10.8C2HF3O2.2Bi.2Rh/c2*1-3-11-7-9-13-5-2-6-14-10-8-12(4-1)15(11)16(13)14;8*3-2(4,5)1(6)7;;;;/h2*1-10H;8*(H,6,7);;;;/q;;;;;;;;;;4*+2/p-8. The Morgan fingerprint density at radius 2 is 0.261 bits per heavy atom. The Kier molecular flexibility index (Phi) is 41.2. The van der Waals surface area contributed by atoms with Crippen molar-refractivity contribution < 1.29 is 224 Å². The number of hydrogen-bond acceptors (Lipinski definition) is 16. The molecule has 0 aliphatic heterocycles. The van der Waals surface area contributed by atoms with E-state index in [2.05, 4.69) is 121 Å².